The lowest BCUT2D eigenvalue weighted by molar-refractivity contribution is 0.389. The number of nitrogens with two attached hydrogens (primary N) is 1. The maximum absolute atomic E-state index is 5.77. The van der Waals surface area contributed by atoms with Gasteiger partial charge < -0.3 is 15.8 Å². The van der Waals surface area contributed by atoms with E-state index in [1.54, 1.807) is 7.11 Å². The quantitative estimate of drug-likeness (QED) is 0.710. The lowest BCUT2D eigenvalue weighted by Gasteiger charge is -2.10. The third-order valence-electron chi connectivity index (χ3n) is 2.33. The largest absolute Gasteiger partial charge is 0.481 e. The smallest absolute Gasteiger partial charge is 0.222 e. The van der Waals surface area contributed by atoms with Crippen molar-refractivity contribution in [2.45, 2.75) is 26.8 Å². The van der Waals surface area contributed by atoms with Crippen LogP contribution >= 0.6 is 0 Å². The van der Waals surface area contributed by atoms with Gasteiger partial charge >= 0.3 is 0 Å². The van der Waals surface area contributed by atoms with Gasteiger partial charge in [0.25, 0.3) is 0 Å². The van der Waals surface area contributed by atoms with E-state index >= 15 is 0 Å². The summed E-state index contributed by atoms with van der Waals surface area (Å²) in [6, 6.07) is 0. The molecule has 5 nitrogen and oxygen atoms in total. The number of rotatable bonds is 6. The molecule has 1 aromatic heterocycles. The molecule has 0 aliphatic carbocycles. The van der Waals surface area contributed by atoms with Crippen LogP contribution < -0.4 is 15.8 Å². The Morgan fingerprint density at radius 3 is 2.81 bits per heavy atom. The van der Waals surface area contributed by atoms with Crippen molar-refractivity contribution in [3.05, 3.63) is 11.9 Å². The van der Waals surface area contributed by atoms with Gasteiger partial charge in [-0.1, -0.05) is 13.8 Å². The predicted octanol–water partition coefficient (Wildman–Crippen LogP) is 1.20. The third-order valence-corrected chi connectivity index (χ3v) is 2.33. The second kappa shape index (κ2) is 6.27. The number of hydrogen-bond acceptors (Lipinski definition) is 5. The zero-order valence-corrected chi connectivity index (χ0v) is 10.2. The molecule has 0 amide bonds. The van der Waals surface area contributed by atoms with Crippen LogP contribution in [0.2, 0.25) is 0 Å². The standard InChI is InChI=1S/C11H20N4O/c1-8(2)4-5-13-6-9-10(12)14-7-15-11(9)16-3/h7-8,13H,4-6H2,1-3H3,(H2,12,14,15). The Morgan fingerprint density at radius 2 is 2.19 bits per heavy atom. The van der Waals surface area contributed by atoms with Gasteiger partial charge in [-0.3, -0.25) is 0 Å². The number of nitrogen functional groups attached to an aromatic ring is 1. The van der Waals surface area contributed by atoms with Crippen LogP contribution in [0.25, 0.3) is 0 Å². The first-order valence-corrected chi connectivity index (χ1v) is 5.49. The molecule has 0 unspecified atom stereocenters. The van der Waals surface area contributed by atoms with Crippen LogP contribution in [0.4, 0.5) is 5.82 Å². The summed E-state index contributed by atoms with van der Waals surface area (Å²) in [5, 5.41) is 3.31. The molecule has 1 heterocycles. The summed E-state index contributed by atoms with van der Waals surface area (Å²) in [5.74, 6) is 1.72. The minimum Gasteiger partial charge on any atom is -0.481 e. The first-order chi connectivity index (χ1) is 7.65. The van der Waals surface area contributed by atoms with E-state index in [1.165, 1.54) is 6.33 Å². The Balaban J connectivity index is 2.52. The average molecular weight is 224 g/mol. The summed E-state index contributed by atoms with van der Waals surface area (Å²) in [7, 11) is 1.58. The van der Waals surface area contributed by atoms with Gasteiger partial charge in [0.05, 0.1) is 12.7 Å². The summed E-state index contributed by atoms with van der Waals surface area (Å²) >= 11 is 0. The fourth-order valence-corrected chi connectivity index (χ4v) is 1.36. The highest BCUT2D eigenvalue weighted by Gasteiger charge is 2.08. The lowest BCUT2D eigenvalue weighted by Crippen LogP contribution is -2.18. The molecule has 0 radical (unpaired) electrons. The molecule has 0 saturated heterocycles. The molecular formula is C11H20N4O. The Labute approximate surface area is 96.4 Å². The maximum Gasteiger partial charge on any atom is 0.222 e. The monoisotopic (exact) mass is 224 g/mol. The molecule has 0 saturated carbocycles. The van der Waals surface area contributed by atoms with Gasteiger partial charge in [-0.2, -0.15) is 0 Å². The zero-order chi connectivity index (χ0) is 12.0. The number of methoxy groups -OCH3 is 1. The predicted molar refractivity (Wildman–Crippen MR) is 64.2 cm³/mol. The number of ether oxygens (including phenoxy) is 1. The minimum atomic E-state index is 0.476. The van der Waals surface area contributed by atoms with Crippen molar-refractivity contribution in [3.63, 3.8) is 0 Å². The van der Waals surface area contributed by atoms with Crippen LogP contribution in [0.1, 0.15) is 25.8 Å². The Bertz CT molecular complexity index is 328. The molecule has 0 atom stereocenters. The molecule has 1 aromatic rings. The normalized spacial score (nSPS) is 10.8. The number of hydrogen-bond donors (Lipinski definition) is 2. The molecule has 1 rings (SSSR count). The van der Waals surface area contributed by atoms with Crippen LogP contribution in [-0.4, -0.2) is 23.6 Å². The van der Waals surface area contributed by atoms with E-state index in [0.29, 0.717) is 24.2 Å². The van der Waals surface area contributed by atoms with Gasteiger partial charge in [0, 0.05) is 6.54 Å². The maximum atomic E-state index is 5.77. The van der Waals surface area contributed by atoms with Crippen LogP contribution in [0.5, 0.6) is 5.88 Å². The zero-order valence-electron chi connectivity index (χ0n) is 10.2. The van der Waals surface area contributed by atoms with E-state index in [-0.39, 0.29) is 0 Å². The van der Waals surface area contributed by atoms with E-state index in [0.717, 1.165) is 18.5 Å². The van der Waals surface area contributed by atoms with E-state index in [4.69, 9.17) is 10.5 Å². The minimum absolute atomic E-state index is 0.476. The number of nitrogens with one attached hydrogen (secondary N) is 1. The summed E-state index contributed by atoms with van der Waals surface area (Å²) in [6.07, 6.45) is 2.54. The van der Waals surface area contributed by atoms with Crippen LogP contribution in [0.3, 0.4) is 0 Å². The van der Waals surface area contributed by atoms with Gasteiger partial charge in [0.1, 0.15) is 12.1 Å². The highest BCUT2D eigenvalue weighted by molar-refractivity contribution is 5.44. The van der Waals surface area contributed by atoms with Crippen molar-refractivity contribution in [1.29, 1.82) is 0 Å². The molecular weight excluding hydrogens is 204 g/mol. The number of anilines is 1. The van der Waals surface area contributed by atoms with Gasteiger partial charge in [0.2, 0.25) is 5.88 Å². The van der Waals surface area contributed by atoms with E-state index in [1.807, 2.05) is 0 Å². The fraction of sp³-hybridized carbons (Fsp3) is 0.636. The second-order valence-electron chi connectivity index (χ2n) is 4.11. The molecule has 0 bridgehead atoms. The average Bonchev–Trinajstić information content (AvgIpc) is 2.25. The number of nitrogens with zero attached hydrogens (tertiary/aromatic N) is 2. The lowest BCUT2D eigenvalue weighted by atomic mass is 10.1. The molecule has 0 fully saturated rings. The van der Waals surface area contributed by atoms with Crippen molar-refractivity contribution in [2.24, 2.45) is 5.92 Å². The SMILES string of the molecule is COc1ncnc(N)c1CNCCC(C)C. The van der Waals surface area contributed by atoms with Gasteiger partial charge in [-0.25, -0.2) is 9.97 Å². The van der Waals surface area contributed by atoms with E-state index < -0.39 is 0 Å². The fourth-order valence-electron chi connectivity index (χ4n) is 1.36. The first kappa shape index (κ1) is 12.7. The molecule has 16 heavy (non-hydrogen) atoms. The highest BCUT2D eigenvalue weighted by Crippen LogP contribution is 2.18. The molecule has 0 aliphatic heterocycles. The third kappa shape index (κ3) is 3.66. The Hall–Kier alpha value is -1.36. The van der Waals surface area contributed by atoms with E-state index in [9.17, 15) is 0 Å². The summed E-state index contributed by atoms with van der Waals surface area (Å²) in [5.41, 5.74) is 6.60. The first-order valence-electron chi connectivity index (χ1n) is 5.49. The molecule has 5 heteroatoms. The van der Waals surface area contributed by atoms with Crippen LogP contribution in [-0.2, 0) is 6.54 Å². The van der Waals surface area contributed by atoms with Gasteiger partial charge in [-0.15, -0.1) is 0 Å². The summed E-state index contributed by atoms with van der Waals surface area (Å²) in [6.45, 7) is 5.99. The summed E-state index contributed by atoms with van der Waals surface area (Å²) < 4.78 is 5.13. The Morgan fingerprint density at radius 1 is 1.44 bits per heavy atom. The Kier molecular flexibility index (Phi) is 4.98. The highest BCUT2D eigenvalue weighted by atomic mass is 16.5. The second-order valence-corrected chi connectivity index (χ2v) is 4.11. The topological polar surface area (TPSA) is 73.1 Å². The van der Waals surface area contributed by atoms with Crippen LogP contribution in [0.15, 0.2) is 6.33 Å². The van der Waals surface area contributed by atoms with Gasteiger partial charge in [0.15, 0.2) is 0 Å². The molecule has 0 aliphatic rings. The van der Waals surface area contributed by atoms with Crippen molar-refractivity contribution in [2.75, 3.05) is 19.4 Å². The molecule has 3 N–H and O–H groups in total. The van der Waals surface area contributed by atoms with Crippen molar-refractivity contribution in [1.82, 2.24) is 15.3 Å². The van der Waals surface area contributed by atoms with Crippen molar-refractivity contribution >= 4 is 5.82 Å². The molecule has 90 valence electrons. The van der Waals surface area contributed by atoms with Crippen LogP contribution in [0, 0.1) is 5.92 Å². The van der Waals surface area contributed by atoms with E-state index in [2.05, 4.69) is 29.1 Å². The summed E-state index contributed by atoms with van der Waals surface area (Å²) in [4.78, 5) is 7.97. The number of aromatic nitrogens is 2. The van der Waals surface area contributed by atoms with Crippen molar-refractivity contribution < 1.29 is 4.74 Å². The molecule has 0 aromatic carbocycles. The molecule has 0 spiro atoms. The van der Waals surface area contributed by atoms with Gasteiger partial charge in [-0.05, 0) is 18.9 Å². The van der Waals surface area contributed by atoms with Crippen molar-refractivity contribution in [3.8, 4) is 5.88 Å².